The molecule has 0 aliphatic rings. The minimum atomic E-state index is -1.16. The molecular weight excluding hydrogens is 250 g/mol. The molecule has 0 saturated heterocycles. The topological polar surface area (TPSA) is 53.8 Å². The van der Waals surface area contributed by atoms with Crippen LogP contribution in [0, 0.1) is 23.0 Å². The number of hydrogen-bond acceptors (Lipinski definition) is 3. The molecule has 0 amide bonds. The van der Waals surface area contributed by atoms with Crippen molar-refractivity contribution in [3.8, 4) is 6.07 Å². The van der Waals surface area contributed by atoms with Gasteiger partial charge in [0.2, 0.25) is 0 Å². The van der Waals surface area contributed by atoms with Gasteiger partial charge >= 0.3 is 0 Å². The van der Waals surface area contributed by atoms with E-state index in [1.807, 2.05) is 6.07 Å². The zero-order valence-corrected chi connectivity index (χ0v) is 9.68. The Morgan fingerprint density at radius 2 is 2.11 bits per heavy atom. The second-order valence-corrected chi connectivity index (χ2v) is 3.84. The third kappa shape index (κ3) is 2.63. The predicted octanol–water partition coefficient (Wildman–Crippen LogP) is 2.85. The molecule has 0 aliphatic heterocycles. The molecule has 5 heteroatoms. The van der Waals surface area contributed by atoms with Crippen LogP contribution in [0.5, 0.6) is 0 Å². The van der Waals surface area contributed by atoms with Gasteiger partial charge in [-0.3, -0.25) is 9.78 Å². The van der Waals surface area contributed by atoms with E-state index in [1.165, 1.54) is 12.4 Å². The number of aromatic nitrogens is 1. The van der Waals surface area contributed by atoms with Crippen LogP contribution in [0.2, 0.25) is 0 Å². The van der Waals surface area contributed by atoms with Crippen LogP contribution in [0.4, 0.5) is 8.78 Å². The molecule has 0 saturated carbocycles. The highest BCUT2D eigenvalue weighted by atomic mass is 19.1. The highest BCUT2D eigenvalue weighted by Crippen LogP contribution is 2.21. The minimum absolute atomic E-state index is 0.309. The van der Waals surface area contributed by atoms with Gasteiger partial charge in [-0.2, -0.15) is 5.26 Å². The highest BCUT2D eigenvalue weighted by Gasteiger charge is 2.24. The molecule has 0 N–H and O–H groups in total. The molecule has 2 rings (SSSR count). The second-order valence-electron chi connectivity index (χ2n) is 3.84. The number of ketones is 1. The van der Waals surface area contributed by atoms with E-state index in [4.69, 9.17) is 5.26 Å². The van der Waals surface area contributed by atoms with Crippen LogP contribution in [0.25, 0.3) is 0 Å². The van der Waals surface area contributed by atoms with Gasteiger partial charge < -0.3 is 0 Å². The summed E-state index contributed by atoms with van der Waals surface area (Å²) >= 11 is 0. The monoisotopic (exact) mass is 258 g/mol. The zero-order valence-electron chi connectivity index (χ0n) is 9.68. The molecule has 0 bridgehead atoms. The number of rotatable bonds is 3. The number of carbonyl (C=O) groups excluding carboxylic acids is 1. The zero-order chi connectivity index (χ0) is 13.8. The number of carbonyl (C=O) groups is 1. The summed E-state index contributed by atoms with van der Waals surface area (Å²) in [5.74, 6) is -3.63. The van der Waals surface area contributed by atoms with Crippen molar-refractivity contribution in [2.24, 2.45) is 0 Å². The van der Waals surface area contributed by atoms with Crippen LogP contribution in [-0.4, -0.2) is 10.8 Å². The van der Waals surface area contributed by atoms with Crippen LogP contribution in [0.15, 0.2) is 42.7 Å². The van der Waals surface area contributed by atoms with Crippen LogP contribution in [0.1, 0.15) is 21.8 Å². The van der Waals surface area contributed by atoms with E-state index < -0.39 is 23.3 Å². The fourth-order valence-electron chi connectivity index (χ4n) is 1.68. The Kier molecular flexibility index (Phi) is 3.62. The fraction of sp³-hybridized carbons (Fsp3) is 0.0714. The van der Waals surface area contributed by atoms with Crippen LogP contribution in [0.3, 0.4) is 0 Å². The summed E-state index contributed by atoms with van der Waals surface area (Å²) in [4.78, 5) is 15.9. The number of pyridine rings is 1. The minimum Gasteiger partial charge on any atom is -0.292 e. The first-order chi connectivity index (χ1) is 9.13. The van der Waals surface area contributed by atoms with Crippen molar-refractivity contribution >= 4 is 5.78 Å². The van der Waals surface area contributed by atoms with Gasteiger partial charge in [0.1, 0.15) is 17.6 Å². The van der Waals surface area contributed by atoms with Gasteiger partial charge in [0.25, 0.3) is 0 Å². The summed E-state index contributed by atoms with van der Waals surface area (Å²) < 4.78 is 26.3. The molecule has 94 valence electrons. The third-order valence-electron chi connectivity index (χ3n) is 2.61. The first-order valence-corrected chi connectivity index (χ1v) is 5.42. The van der Waals surface area contributed by atoms with Crippen molar-refractivity contribution < 1.29 is 13.6 Å². The lowest BCUT2D eigenvalue weighted by molar-refractivity contribution is 0.0974. The molecule has 0 fully saturated rings. The molecule has 2 aromatic rings. The second kappa shape index (κ2) is 5.36. The molecule has 3 nitrogen and oxygen atoms in total. The first-order valence-electron chi connectivity index (χ1n) is 5.42. The van der Waals surface area contributed by atoms with Gasteiger partial charge in [-0.25, -0.2) is 8.78 Å². The van der Waals surface area contributed by atoms with E-state index in [0.29, 0.717) is 11.6 Å². The molecule has 1 atom stereocenters. The maximum absolute atomic E-state index is 13.5. The van der Waals surface area contributed by atoms with Gasteiger partial charge in [-0.15, -0.1) is 0 Å². The van der Waals surface area contributed by atoms with Gasteiger partial charge in [-0.05, 0) is 23.8 Å². The van der Waals surface area contributed by atoms with Crippen molar-refractivity contribution in [3.63, 3.8) is 0 Å². The summed E-state index contributed by atoms with van der Waals surface area (Å²) in [7, 11) is 0. The summed E-state index contributed by atoms with van der Waals surface area (Å²) in [5.41, 5.74) is 0.0653. The summed E-state index contributed by atoms with van der Waals surface area (Å²) in [6.45, 7) is 0. The summed E-state index contributed by atoms with van der Waals surface area (Å²) in [6.07, 6.45) is 2.87. The van der Waals surface area contributed by atoms with E-state index in [2.05, 4.69) is 4.98 Å². The number of halogens is 2. The molecular formula is C14H8F2N2O. The van der Waals surface area contributed by atoms with Crippen molar-refractivity contribution in [1.29, 1.82) is 5.26 Å². The van der Waals surface area contributed by atoms with Gasteiger partial charge in [0.15, 0.2) is 5.78 Å². The number of Topliss-reactive ketones (excluding diaryl/α,β-unsaturated/α-hetero) is 1. The van der Waals surface area contributed by atoms with E-state index in [1.54, 1.807) is 12.1 Å². The Labute approximate surface area is 108 Å². The number of nitriles is 1. The average molecular weight is 258 g/mol. The van der Waals surface area contributed by atoms with Crippen molar-refractivity contribution in [3.05, 3.63) is 65.5 Å². The lowest BCUT2D eigenvalue weighted by atomic mass is 9.93. The lowest BCUT2D eigenvalue weighted by Crippen LogP contribution is -2.13. The molecule has 1 heterocycles. The first kappa shape index (κ1) is 12.8. The van der Waals surface area contributed by atoms with Crippen LogP contribution >= 0.6 is 0 Å². The molecule has 0 radical (unpaired) electrons. The van der Waals surface area contributed by atoms with E-state index in [9.17, 15) is 13.6 Å². The summed E-state index contributed by atoms with van der Waals surface area (Å²) in [6, 6.07) is 7.57. The highest BCUT2D eigenvalue weighted by molar-refractivity contribution is 6.02. The number of benzene rings is 1. The maximum atomic E-state index is 13.5. The van der Waals surface area contributed by atoms with Crippen molar-refractivity contribution in [1.82, 2.24) is 4.98 Å². The number of nitrogens with zero attached hydrogens (tertiary/aromatic N) is 2. The van der Waals surface area contributed by atoms with Crippen molar-refractivity contribution in [2.75, 3.05) is 0 Å². The maximum Gasteiger partial charge on any atom is 0.187 e. The Morgan fingerprint density at radius 1 is 1.32 bits per heavy atom. The fourth-order valence-corrected chi connectivity index (χ4v) is 1.68. The average Bonchev–Trinajstić information content (AvgIpc) is 2.40. The van der Waals surface area contributed by atoms with Gasteiger partial charge in [0.05, 0.1) is 11.6 Å². The van der Waals surface area contributed by atoms with Crippen molar-refractivity contribution in [2.45, 2.75) is 5.92 Å². The smallest absolute Gasteiger partial charge is 0.187 e. The Hall–Kier alpha value is -2.61. The Balaban J connectivity index is 2.40. The van der Waals surface area contributed by atoms with Gasteiger partial charge in [0, 0.05) is 18.5 Å². The Morgan fingerprint density at radius 3 is 2.68 bits per heavy atom. The third-order valence-corrected chi connectivity index (χ3v) is 2.61. The van der Waals surface area contributed by atoms with Gasteiger partial charge in [-0.1, -0.05) is 6.07 Å². The molecule has 1 unspecified atom stereocenters. The normalized spacial score (nSPS) is 11.6. The standard InChI is InChI=1S/C14H8F2N2O/c15-10-3-4-11(13(16)6-10)14(19)12(7-17)9-2-1-5-18-8-9/h1-6,8,12H. The molecule has 1 aromatic carbocycles. The van der Waals surface area contributed by atoms with E-state index in [0.717, 1.165) is 12.1 Å². The SMILES string of the molecule is N#CC(C(=O)c1ccc(F)cc1F)c1cccnc1. The summed E-state index contributed by atoms with van der Waals surface area (Å²) in [5, 5.41) is 9.06. The van der Waals surface area contributed by atoms with Crippen LogP contribution < -0.4 is 0 Å². The number of hydrogen-bond donors (Lipinski definition) is 0. The molecule has 0 spiro atoms. The largest absolute Gasteiger partial charge is 0.292 e. The van der Waals surface area contributed by atoms with Crippen LogP contribution in [-0.2, 0) is 0 Å². The molecule has 1 aromatic heterocycles. The Bertz CT molecular complexity index is 650. The molecule has 19 heavy (non-hydrogen) atoms. The molecule has 0 aliphatic carbocycles. The lowest BCUT2D eigenvalue weighted by Gasteiger charge is -2.08. The van der Waals surface area contributed by atoms with E-state index in [-0.39, 0.29) is 5.56 Å². The quantitative estimate of drug-likeness (QED) is 0.795. The predicted molar refractivity (Wildman–Crippen MR) is 63.3 cm³/mol. The van der Waals surface area contributed by atoms with E-state index >= 15 is 0 Å².